The molecule has 0 amide bonds. The van der Waals surface area contributed by atoms with Crippen LogP contribution in [0, 0.1) is 11.0 Å². The molecule has 0 radical (unpaired) electrons. The fourth-order valence-corrected chi connectivity index (χ4v) is 2.11. The van der Waals surface area contributed by atoms with Crippen molar-refractivity contribution in [2.75, 3.05) is 13.7 Å². The van der Waals surface area contributed by atoms with E-state index in [0.29, 0.717) is 11.2 Å². The number of methoxy groups -OCH3 is 1. The number of nitrogens with zero attached hydrogens (tertiary/aromatic N) is 1. The summed E-state index contributed by atoms with van der Waals surface area (Å²) < 4.78 is 23.5. The maximum atomic E-state index is 12.9. The zero-order chi connectivity index (χ0) is 18.2. The van der Waals surface area contributed by atoms with Crippen LogP contribution in [0.2, 0.25) is 0 Å². The first-order valence-electron chi connectivity index (χ1n) is 7.54. The van der Waals surface area contributed by atoms with Gasteiger partial charge in [-0.1, -0.05) is 12.1 Å². The van der Waals surface area contributed by atoms with Gasteiger partial charge in [-0.15, -0.1) is 0 Å². The Kier molecular flexibility index (Phi) is 6.47. The van der Waals surface area contributed by atoms with Crippen molar-refractivity contribution in [3.05, 3.63) is 70.5 Å². The second-order valence-electron chi connectivity index (χ2n) is 5.11. The Morgan fingerprint density at radius 3 is 2.64 bits per heavy atom. The van der Waals surface area contributed by atoms with Crippen molar-refractivity contribution in [2.45, 2.75) is 13.0 Å². The van der Waals surface area contributed by atoms with Gasteiger partial charge in [-0.2, -0.15) is 4.73 Å². The smallest absolute Gasteiger partial charge is 0.330 e. The van der Waals surface area contributed by atoms with E-state index >= 15 is 0 Å². The number of rotatable bonds is 7. The molecular formula is C18H18FNO5. The van der Waals surface area contributed by atoms with E-state index in [9.17, 15) is 19.5 Å². The summed E-state index contributed by atoms with van der Waals surface area (Å²) in [7, 11) is 1.22. The van der Waals surface area contributed by atoms with E-state index in [0.717, 1.165) is 11.6 Å². The molecule has 0 unspecified atom stereocenters. The third-order valence-corrected chi connectivity index (χ3v) is 3.46. The molecule has 2 rings (SSSR count). The zero-order valence-electron chi connectivity index (χ0n) is 13.6. The van der Waals surface area contributed by atoms with Crippen molar-refractivity contribution in [1.82, 2.24) is 0 Å². The van der Waals surface area contributed by atoms with Gasteiger partial charge in [-0.3, -0.25) is 0 Å². The quantitative estimate of drug-likeness (QED) is 0.357. The number of aliphatic hydroxyl groups excluding tert-OH is 1. The molecule has 0 aliphatic carbocycles. The number of hydrogen-bond acceptors (Lipinski definition) is 5. The first kappa shape index (κ1) is 18.4. The number of benzene rings is 1. The summed E-state index contributed by atoms with van der Waals surface area (Å²) in [6, 6.07) is 9.01. The minimum Gasteiger partial charge on any atom is -0.618 e. The third-order valence-electron chi connectivity index (χ3n) is 3.46. The second kappa shape index (κ2) is 8.79. The lowest BCUT2D eigenvalue weighted by Crippen LogP contribution is -2.36. The standard InChI is InChI=1S/C18H18FNO5/c1-24-18(22)9-7-16-17(8-6-15(12-21)20(16)23)25-11-10-13-2-4-14(19)5-3-13/h2-9,21H,10-12H2,1H3/b9-7+. The van der Waals surface area contributed by atoms with Crippen molar-refractivity contribution < 1.29 is 28.5 Å². The molecule has 0 aliphatic rings. The van der Waals surface area contributed by atoms with Gasteiger partial charge in [-0.05, 0) is 23.8 Å². The fraction of sp³-hybridized carbons (Fsp3) is 0.222. The van der Waals surface area contributed by atoms with Crippen molar-refractivity contribution >= 4 is 12.0 Å². The molecule has 1 heterocycles. The molecule has 0 atom stereocenters. The molecule has 7 heteroatoms. The van der Waals surface area contributed by atoms with Crippen LogP contribution in [0.15, 0.2) is 42.5 Å². The average Bonchev–Trinajstić information content (AvgIpc) is 2.62. The van der Waals surface area contributed by atoms with Crippen molar-refractivity contribution in [1.29, 1.82) is 0 Å². The molecule has 25 heavy (non-hydrogen) atoms. The molecule has 0 saturated heterocycles. The summed E-state index contributed by atoms with van der Waals surface area (Å²) in [4.78, 5) is 11.2. The van der Waals surface area contributed by atoms with Gasteiger partial charge in [-0.25, -0.2) is 9.18 Å². The van der Waals surface area contributed by atoms with Crippen LogP contribution in [-0.2, 0) is 22.6 Å². The van der Waals surface area contributed by atoms with E-state index in [-0.39, 0.29) is 29.6 Å². The fourth-order valence-electron chi connectivity index (χ4n) is 2.11. The Balaban J connectivity index is 2.15. The van der Waals surface area contributed by atoms with Crippen molar-refractivity contribution in [3.63, 3.8) is 0 Å². The number of carbonyl (C=O) groups is 1. The molecule has 0 spiro atoms. The van der Waals surface area contributed by atoms with E-state index in [1.807, 2.05) is 0 Å². The number of halogens is 1. The third kappa shape index (κ3) is 5.02. The number of hydrogen-bond donors (Lipinski definition) is 1. The van der Waals surface area contributed by atoms with Crippen LogP contribution < -0.4 is 9.47 Å². The molecular weight excluding hydrogens is 329 g/mol. The second-order valence-corrected chi connectivity index (χ2v) is 5.11. The first-order valence-corrected chi connectivity index (χ1v) is 7.54. The number of ether oxygens (including phenoxy) is 2. The predicted molar refractivity (Wildman–Crippen MR) is 88.0 cm³/mol. The first-order chi connectivity index (χ1) is 12.0. The van der Waals surface area contributed by atoms with Crippen LogP contribution in [0.1, 0.15) is 17.0 Å². The van der Waals surface area contributed by atoms with Gasteiger partial charge in [0.1, 0.15) is 12.4 Å². The van der Waals surface area contributed by atoms with Crippen LogP contribution >= 0.6 is 0 Å². The Morgan fingerprint density at radius 2 is 2.00 bits per heavy atom. The topological polar surface area (TPSA) is 82.7 Å². The SMILES string of the molecule is COC(=O)/C=C/c1c(OCCc2ccc(F)cc2)ccc(CO)[n+]1[O-]. The van der Waals surface area contributed by atoms with Crippen LogP contribution in [0.5, 0.6) is 5.75 Å². The van der Waals surface area contributed by atoms with Crippen LogP contribution in [-0.4, -0.2) is 24.8 Å². The average molecular weight is 347 g/mol. The molecule has 0 fully saturated rings. The number of esters is 1. The van der Waals surface area contributed by atoms with Gasteiger partial charge < -0.3 is 19.8 Å². The highest BCUT2D eigenvalue weighted by molar-refractivity contribution is 5.86. The number of carbonyl (C=O) groups excluding carboxylic acids is 1. The summed E-state index contributed by atoms with van der Waals surface area (Å²) in [5.41, 5.74) is 1.08. The minimum absolute atomic E-state index is 0.0797. The highest BCUT2D eigenvalue weighted by atomic mass is 19.1. The van der Waals surface area contributed by atoms with Gasteiger partial charge in [0.25, 0.3) is 5.69 Å². The summed E-state index contributed by atoms with van der Waals surface area (Å²) >= 11 is 0. The Labute approximate surface area is 144 Å². The molecule has 0 bridgehead atoms. The normalized spacial score (nSPS) is 10.8. The summed E-state index contributed by atoms with van der Waals surface area (Å²) in [5, 5.41) is 21.4. The summed E-state index contributed by atoms with van der Waals surface area (Å²) in [6.07, 6.45) is 2.88. The molecule has 1 N–H and O–H groups in total. The maximum Gasteiger partial charge on any atom is 0.330 e. The summed E-state index contributed by atoms with van der Waals surface area (Å²) in [5.74, 6) is -0.673. The van der Waals surface area contributed by atoms with Gasteiger partial charge in [0, 0.05) is 24.6 Å². The lowest BCUT2D eigenvalue weighted by atomic mass is 10.1. The number of aromatic nitrogens is 1. The zero-order valence-corrected chi connectivity index (χ0v) is 13.6. The Morgan fingerprint density at radius 1 is 1.28 bits per heavy atom. The molecule has 0 aliphatic heterocycles. The van der Waals surface area contributed by atoms with E-state index in [1.54, 1.807) is 18.2 Å². The maximum absolute atomic E-state index is 12.9. The van der Waals surface area contributed by atoms with Crippen LogP contribution in [0.25, 0.3) is 6.08 Å². The Hall–Kier alpha value is -2.93. The lowest BCUT2D eigenvalue weighted by molar-refractivity contribution is -0.618. The highest BCUT2D eigenvalue weighted by Crippen LogP contribution is 2.18. The van der Waals surface area contributed by atoms with Gasteiger partial charge in [0.15, 0.2) is 5.75 Å². The monoisotopic (exact) mass is 347 g/mol. The minimum atomic E-state index is -0.619. The molecule has 0 saturated carbocycles. The molecule has 6 nitrogen and oxygen atoms in total. The largest absolute Gasteiger partial charge is 0.618 e. The predicted octanol–water partition coefficient (Wildman–Crippen LogP) is 1.76. The lowest BCUT2D eigenvalue weighted by Gasteiger charge is -2.11. The highest BCUT2D eigenvalue weighted by Gasteiger charge is 2.16. The molecule has 1 aromatic heterocycles. The van der Waals surface area contributed by atoms with Gasteiger partial charge in [0.05, 0.1) is 13.7 Å². The van der Waals surface area contributed by atoms with Gasteiger partial charge in [0.2, 0.25) is 5.69 Å². The number of pyridine rings is 1. The molecule has 2 aromatic rings. The molecule has 132 valence electrons. The van der Waals surface area contributed by atoms with E-state index in [1.165, 1.54) is 31.4 Å². The van der Waals surface area contributed by atoms with Gasteiger partial charge >= 0.3 is 5.97 Å². The summed E-state index contributed by atoms with van der Waals surface area (Å²) in [6.45, 7) is -0.193. The van der Waals surface area contributed by atoms with Crippen LogP contribution in [0.4, 0.5) is 4.39 Å². The van der Waals surface area contributed by atoms with Crippen molar-refractivity contribution in [2.24, 2.45) is 0 Å². The van der Waals surface area contributed by atoms with Crippen LogP contribution in [0.3, 0.4) is 0 Å². The van der Waals surface area contributed by atoms with Crippen molar-refractivity contribution in [3.8, 4) is 5.75 Å². The number of aliphatic hydroxyl groups is 1. The Bertz CT molecular complexity index is 759. The molecule has 1 aromatic carbocycles. The van der Waals surface area contributed by atoms with E-state index in [2.05, 4.69) is 4.74 Å². The van der Waals surface area contributed by atoms with E-state index < -0.39 is 12.6 Å². The van der Waals surface area contributed by atoms with E-state index in [4.69, 9.17) is 4.74 Å².